The molecule has 0 amide bonds. The van der Waals surface area contributed by atoms with Gasteiger partial charge in [0.05, 0.1) is 10.6 Å². The van der Waals surface area contributed by atoms with Crippen molar-refractivity contribution in [2.24, 2.45) is 0 Å². The minimum atomic E-state index is -0.710. The number of hydrogen-bond acceptors (Lipinski definition) is 3. The Bertz CT molecular complexity index is 344. The van der Waals surface area contributed by atoms with Gasteiger partial charge in [-0.05, 0) is 18.2 Å². The number of halogens is 2. The number of alkyl halides is 1. The highest BCUT2D eigenvalue weighted by molar-refractivity contribution is 6.33. The second-order valence-corrected chi connectivity index (χ2v) is 2.97. The van der Waals surface area contributed by atoms with Gasteiger partial charge in [-0.2, -0.15) is 0 Å². The van der Waals surface area contributed by atoms with Gasteiger partial charge in [-0.15, -0.1) is 0 Å². The van der Waals surface area contributed by atoms with Gasteiger partial charge in [0, 0.05) is 5.69 Å². The first kappa shape index (κ1) is 10.8. The van der Waals surface area contributed by atoms with Gasteiger partial charge >= 0.3 is 5.97 Å². The van der Waals surface area contributed by atoms with E-state index in [2.05, 4.69) is 4.74 Å². The molecule has 14 heavy (non-hydrogen) atoms. The first-order chi connectivity index (χ1) is 6.65. The molecule has 1 aromatic carbocycles. The minimum Gasteiger partial charge on any atom is -0.459 e. The van der Waals surface area contributed by atoms with Crippen molar-refractivity contribution in [2.45, 2.75) is 0 Å². The molecule has 3 nitrogen and oxygen atoms in total. The highest BCUT2D eigenvalue weighted by atomic mass is 35.5. The number of benzene rings is 1. The van der Waals surface area contributed by atoms with Crippen molar-refractivity contribution in [3.05, 3.63) is 28.8 Å². The number of ether oxygens (including phenoxy) is 1. The first-order valence-electron chi connectivity index (χ1n) is 3.93. The zero-order valence-corrected chi connectivity index (χ0v) is 8.05. The van der Waals surface area contributed by atoms with E-state index in [9.17, 15) is 9.18 Å². The number of anilines is 1. The second kappa shape index (κ2) is 4.81. The smallest absolute Gasteiger partial charge is 0.339 e. The summed E-state index contributed by atoms with van der Waals surface area (Å²) in [6.45, 7) is -0.974. The Morgan fingerprint density at radius 1 is 1.57 bits per heavy atom. The van der Waals surface area contributed by atoms with Crippen molar-refractivity contribution < 1.29 is 13.9 Å². The monoisotopic (exact) mass is 217 g/mol. The van der Waals surface area contributed by atoms with Crippen LogP contribution in [0.4, 0.5) is 10.1 Å². The lowest BCUT2D eigenvalue weighted by Gasteiger charge is -2.04. The van der Waals surface area contributed by atoms with E-state index in [1.807, 2.05) is 0 Å². The van der Waals surface area contributed by atoms with E-state index in [-0.39, 0.29) is 17.2 Å². The molecule has 0 unspecified atom stereocenters. The lowest BCUT2D eigenvalue weighted by molar-refractivity contribution is 0.0481. The third-order valence-electron chi connectivity index (χ3n) is 1.52. The molecule has 0 radical (unpaired) electrons. The van der Waals surface area contributed by atoms with Gasteiger partial charge in [0.2, 0.25) is 0 Å². The molecular weight excluding hydrogens is 209 g/mol. The summed E-state index contributed by atoms with van der Waals surface area (Å²) in [6, 6.07) is 4.41. The van der Waals surface area contributed by atoms with Crippen LogP contribution >= 0.6 is 11.6 Å². The predicted molar refractivity (Wildman–Crippen MR) is 52.1 cm³/mol. The van der Waals surface area contributed by atoms with Crippen LogP contribution in [0, 0.1) is 0 Å². The Kier molecular flexibility index (Phi) is 3.71. The summed E-state index contributed by atoms with van der Waals surface area (Å²) in [6.07, 6.45) is 0. The summed E-state index contributed by atoms with van der Waals surface area (Å²) in [4.78, 5) is 11.2. The molecule has 0 saturated carbocycles. The van der Waals surface area contributed by atoms with Crippen LogP contribution in [0.1, 0.15) is 10.4 Å². The molecule has 0 aliphatic rings. The Balaban J connectivity index is 2.80. The number of esters is 1. The van der Waals surface area contributed by atoms with Crippen LogP contribution in [-0.2, 0) is 4.74 Å². The van der Waals surface area contributed by atoms with E-state index in [0.29, 0.717) is 5.69 Å². The van der Waals surface area contributed by atoms with Crippen molar-refractivity contribution in [1.29, 1.82) is 0 Å². The summed E-state index contributed by atoms with van der Waals surface area (Å²) in [5.74, 6) is -0.646. The van der Waals surface area contributed by atoms with Gasteiger partial charge in [-0.25, -0.2) is 9.18 Å². The van der Waals surface area contributed by atoms with Gasteiger partial charge in [-0.1, -0.05) is 11.6 Å². The van der Waals surface area contributed by atoms with E-state index in [1.54, 1.807) is 0 Å². The Hall–Kier alpha value is -1.29. The molecule has 0 spiro atoms. The van der Waals surface area contributed by atoms with Gasteiger partial charge in [0.25, 0.3) is 0 Å². The molecule has 1 aromatic rings. The standard InChI is InChI=1S/C9H9ClFNO2/c10-8-5-6(12)1-2-7(8)9(13)14-4-3-11/h1-2,5H,3-4,12H2. The summed E-state index contributed by atoms with van der Waals surface area (Å²) >= 11 is 5.73. The molecular formula is C9H9ClFNO2. The maximum atomic E-state index is 11.7. The fourth-order valence-electron chi connectivity index (χ4n) is 0.906. The maximum Gasteiger partial charge on any atom is 0.339 e. The van der Waals surface area contributed by atoms with Crippen LogP contribution in [0.25, 0.3) is 0 Å². The molecule has 5 heteroatoms. The Morgan fingerprint density at radius 2 is 2.29 bits per heavy atom. The largest absolute Gasteiger partial charge is 0.459 e. The molecule has 0 saturated heterocycles. The highest BCUT2D eigenvalue weighted by Gasteiger charge is 2.11. The SMILES string of the molecule is Nc1ccc(C(=O)OCCF)c(Cl)c1. The molecule has 0 heterocycles. The van der Waals surface area contributed by atoms with Crippen LogP contribution < -0.4 is 5.73 Å². The average molecular weight is 218 g/mol. The highest BCUT2D eigenvalue weighted by Crippen LogP contribution is 2.19. The Morgan fingerprint density at radius 3 is 2.86 bits per heavy atom. The van der Waals surface area contributed by atoms with Gasteiger partial charge in [0.1, 0.15) is 13.3 Å². The molecule has 0 atom stereocenters. The van der Waals surface area contributed by atoms with E-state index >= 15 is 0 Å². The summed E-state index contributed by atoms with van der Waals surface area (Å²) < 4.78 is 16.3. The molecule has 0 fully saturated rings. The van der Waals surface area contributed by atoms with Gasteiger partial charge in [0.15, 0.2) is 0 Å². The van der Waals surface area contributed by atoms with E-state index in [0.717, 1.165) is 0 Å². The van der Waals surface area contributed by atoms with Crippen LogP contribution in [0.3, 0.4) is 0 Å². The number of rotatable bonds is 3. The van der Waals surface area contributed by atoms with Gasteiger partial charge < -0.3 is 10.5 Å². The van der Waals surface area contributed by atoms with E-state index in [4.69, 9.17) is 17.3 Å². The van der Waals surface area contributed by atoms with Crippen molar-refractivity contribution in [2.75, 3.05) is 19.0 Å². The molecule has 0 aliphatic heterocycles. The molecule has 0 aromatic heterocycles. The number of carbonyl (C=O) groups excluding carboxylic acids is 1. The van der Waals surface area contributed by atoms with Gasteiger partial charge in [-0.3, -0.25) is 0 Å². The quantitative estimate of drug-likeness (QED) is 0.623. The number of nitrogen functional groups attached to an aromatic ring is 1. The van der Waals surface area contributed by atoms with Crippen LogP contribution in [0.2, 0.25) is 5.02 Å². The van der Waals surface area contributed by atoms with Crippen molar-refractivity contribution in [3.8, 4) is 0 Å². The topological polar surface area (TPSA) is 52.3 Å². The fraction of sp³-hybridized carbons (Fsp3) is 0.222. The minimum absolute atomic E-state index is 0.189. The summed E-state index contributed by atoms with van der Waals surface area (Å²) in [5.41, 5.74) is 6.08. The maximum absolute atomic E-state index is 11.7. The zero-order valence-electron chi connectivity index (χ0n) is 7.30. The number of carbonyl (C=O) groups is 1. The average Bonchev–Trinajstić information content (AvgIpc) is 2.14. The van der Waals surface area contributed by atoms with E-state index < -0.39 is 12.6 Å². The molecule has 0 aliphatic carbocycles. The summed E-state index contributed by atoms with van der Waals surface area (Å²) in [7, 11) is 0. The fourth-order valence-corrected chi connectivity index (χ4v) is 1.17. The third-order valence-corrected chi connectivity index (χ3v) is 1.84. The normalized spacial score (nSPS) is 9.86. The first-order valence-corrected chi connectivity index (χ1v) is 4.31. The zero-order chi connectivity index (χ0) is 10.6. The van der Waals surface area contributed by atoms with Crippen molar-refractivity contribution in [3.63, 3.8) is 0 Å². The van der Waals surface area contributed by atoms with Crippen molar-refractivity contribution >= 4 is 23.3 Å². The predicted octanol–water partition coefficient (Wildman–Crippen LogP) is 2.05. The molecule has 1 rings (SSSR count). The van der Waals surface area contributed by atoms with Crippen LogP contribution in [0.5, 0.6) is 0 Å². The van der Waals surface area contributed by atoms with E-state index in [1.165, 1.54) is 18.2 Å². The summed E-state index contributed by atoms with van der Waals surface area (Å²) in [5, 5.41) is 0.203. The number of hydrogen-bond donors (Lipinski definition) is 1. The van der Waals surface area contributed by atoms with Crippen LogP contribution in [0.15, 0.2) is 18.2 Å². The molecule has 2 N–H and O–H groups in total. The lowest BCUT2D eigenvalue weighted by Crippen LogP contribution is -2.08. The van der Waals surface area contributed by atoms with Crippen molar-refractivity contribution in [1.82, 2.24) is 0 Å². The third kappa shape index (κ3) is 2.60. The number of nitrogens with two attached hydrogens (primary N) is 1. The second-order valence-electron chi connectivity index (χ2n) is 2.56. The van der Waals surface area contributed by atoms with Crippen LogP contribution in [-0.4, -0.2) is 19.3 Å². The lowest BCUT2D eigenvalue weighted by atomic mass is 10.2. The molecule has 76 valence electrons. The molecule has 0 bridgehead atoms. The Labute approximate surface area is 85.6 Å².